The summed E-state index contributed by atoms with van der Waals surface area (Å²) in [6, 6.07) is 69.9. The van der Waals surface area contributed by atoms with E-state index in [1.165, 1.54) is 153 Å². The average Bonchev–Trinajstić information content (AvgIpc) is 3.79. The standard InChI is InChI=1S/C62H42/c1-35-5-13-39(14-6-35)43-21-23-47-51(27-43)57-31-45(41-17-9-37(3)10-18-41)29-55-49-25-26-50-54(53(49)33-59(47)61(55)57)34-60-48-24-22-44(40-15-7-36(2)8-16-40)28-52(48)58-32-46(30-56(50)62(58)60)42-19-11-38(4)12-20-42/h5-34H,1-4H3. The Labute approximate surface area is 361 Å². The van der Waals surface area contributed by atoms with E-state index in [4.69, 9.17) is 0 Å². The summed E-state index contributed by atoms with van der Waals surface area (Å²) in [5, 5.41) is 21.1. The molecule has 0 saturated carbocycles. The maximum Gasteiger partial charge on any atom is -0.00195 e. The Bertz CT molecular complexity index is 3680. The first-order valence-corrected chi connectivity index (χ1v) is 21.9. The molecule has 0 N–H and O–H groups in total. The molecule has 0 fully saturated rings. The van der Waals surface area contributed by atoms with Crippen molar-refractivity contribution in [1.29, 1.82) is 0 Å². The second-order valence-electron chi connectivity index (χ2n) is 18.0. The molecule has 0 heterocycles. The molecule has 0 aromatic heterocycles. The van der Waals surface area contributed by atoms with Crippen molar-refractivity contribution in [2.75, 3.05) is 0 Å². The fourth-order valence-electron chi connectivity index (χ4n) is 10.7. The molecule has 290 valence electrons. The maximum absolute atomic E-state index is 2.52. The quantitative estimate of drug-likeness (QED) is 0.156. The number of benzene rings is 11. The highest BCUT2D eigenvalue weighted by molar-refractivity contribution is 6.41. The Morgan fingerprint density at radius 3 is 0.694 bits per heavy atom. The summed E-state index contributed by atoms with van der Waals surface area (Å²) < 4.78 is 0. The predicted molar refractivity (Wildman–Crippen MR) is 270 cm³/mol. The predicted octanol–water partition coefficient (Wildman–Crippen LogP) is 17.7. The van der Waals surface area contributed by atoms with Crippen LogP contribution in [0.3, 0.4) is 0 Å². The van der Waals surface area contributed by atoms with Crippen molar-refractivity contribution < 1.29 is 0 Å². The lowest BCUT2D eigenvalue weighted by Gasteiger charge is -2.14. The van der Waals surface area contributed by atoms with Crippen molar-refractivity contribution in [3.8, 4) is 44.5 Å². The van der Waals surface area contributed by atoms with Gasteiger partial charge in [-0.1, -0.05) is 156 Å². The van der Waals surface area contributed by atoms with E-state index in [2.05, 4.69) is 210 Å². The summed E-state index contributed by atoms with van der Waals surface area (Å²) in [5.41, 5.74) is 15.1. The third kappa shape index (κ3) is 5.20. The topological polar surface area (TPSA) is 0 Å². The Morgan fingerprint density at radius 2 is 0.371 bits per heavy atom. The first kappa shape index (κ1) is 35.2. The van der Waals surface area contributed by atoms with Crippen LogP contribution in [0, 0.1) is 27.7 Å². The van der Waals surface area contributed by atoms with Crippen LogP contribution in [-0.4, -0.2) is 0 Å². The van der Waals surface area contributed by atoms with Gasteiger partial charge in [0.2, 0.25) is 0 Å². The molecule has 0 aliphatic heterocycles. The van der Waals surface area contributed by atoms with Gasteiger partial charge in [-0.2, -0.15) is 0 Å². The van der Waals surface area contributed by atoms with E-state index in [0.717, 1.165) is 0 Å². The van der Waals surface area contributed by atoms with Crippen LogP contribution in [0.2, 0.25) is 0 Å². The molecule has 13 rings (SSSR count). The molecule has 0 spiro atoms. The van der Waals surface area contributed by atoms with E-state index < -0.39 is 0 Å². The van der Waals surface area contributed by atoms with Crippen molar-refractivity contribution >= 4 is 86.2 Å². The van der Waals surface area contributed by atoms with Gasteiger partial charge in [0.25, 0.3) is 0 Å². The number of hydrogen-bond donors (Lipinski definition) is 0. The molecule has 0 radical (unpaired) electrons. The molecule has 0 saturated heterocycles. The van der Waals surface area contributed by atoms with E-state index in [9.17, 15) is 0 Å². The van der Waals surface area contributed by atoms with Gasteiger partial charge in [-0.3, -0.25) is 0 Å². The second-order valence-corrected chi connectivity index (χ2v) is 18.0. The molecule has 62 heavy (non-hydrogen) atoms. The summed E-state index contributed by atoms with van der Waals surface area (Å²) in [6.07, 6.45) is 0. The van der Waals surface area contributed by atoms with Gasteiger partial charge in [-0.05, 0) is 207 Å². The summed E-state index contributed by atoms with van der Waals surface area (Å²) in [4.78, 5) is 0. The monoisotopic (exact) mass is 786 g/mol. The van der Waals surface area contributed by atoms with Gasteiger partial charge in [0.05, 0.1) is 0 Å². The first-order valence-electron chi connectivity index (χ1n) is 21.9. The molecule has 0 aliphatic carbocycles. The molecule has 0 unspecified atom stereocenters. The largest absolute Gasteiger partial charge is 0.0587 e. The molecule has 0 nitrogen and oxygen atoms in total. The molecule has 0 bridgehead atoms. The molecule has 0 heteroatoms. The number of hydrogen-bond acceptors (Lipinski definition) is 0. The minimum absolute atomic E-state index is 1.24. The second kappa shape index (κ2) is 13.0. The van der Waals surface area contributed by atoms with Crippen LogP contribution in [0.1, 0.15) is 22.3 Å². The van der Waals surface area contributed by atoms with Crippen LogP contribution in [-0.2, 0) is 0 Å². The van der Waals surface area contributed by atoms with Crippen LogP contribution in [0.25, 0.3) is 131 Å². The van der Waals surface area contributed by atoms with Crippen LogP contribution in [0.15, 0.2) is 182 Å². The van der Waals surface area contributed by atoms with Crippen LogP contribution < -0.4 is 0 Å². The minimum atomic E-state index is 1.24. The van der Waals surface area contributed by atoms with E-state index in [-0.39, 0.29) is 0 Å². The highest BCUT2D eigenvalue weighted by Crippen LogP contribution is 2.50. The van der Waals surface area contributed by atoms with Gasteiger partial charge in [0.1, 0.15) is 0 Å². The Morgan fingerprint density at radius 1 is 0.161 bits per heavy atom. The fraction of sp³-hybridized carbons (Fsp3) is 0.0645. The molecule has 13 aromatic rings. The number of aryl methyl sites for hydroxylation is 4. The Hall–Kier alpha value is -7.54. The lowest BCUT2D eigenvalue weighted by Crippen LogP contribution is -1.86. The van der Waals surface area contributed by atoms with Crippen molar-refractivity contribution in [2.24, 2.45) is 0 Å². The molecule has 0 amide bonds. The van der Waals surface area contributed by atoms with E-state index in [1.54, 1.807) is 0 Å². The lowest BCUT2D eigenvalue weighted by molar-refractivity contribution is 1.47. The highest BCUT2D eigenvalue weighted by atomic mass is 14.2. The third-order valence-electron chi connectivity index (χ3n) is 14.0. The molecular weight excluding hydrogens is 745 g/mol. The van der Waals surface area contributed by atoms with Gasteiger partial charge in [-0.25, -0.2) is 0 Å². The summed E-state index contributed by atoms with van der Waals surface area (Å²) in [6.45, 7) is 8.65. The summed E-state index contributed by atoms with van der Waals surface area (Å²) in [7, 11) is 0. The van der Waals surface area contributed by atoms with Crippen LogP contribution >= 0.6 is 0 Å². The number of fused-ring (bicyclic) bond motifs is 11. The zero-order valence-electron chi connectivity index (χ0n) is 35.3. The maximum atomic E-state index is 2.52. The van der Waals surface area contributed by atoms with Crippen LogP contribution in [0.4, 0.5) is 0 Å². The Balaban J connectivity index is 1.16. The SMILES string of the molecule is Cc1ccc(-c2ccc3c(c2)c2cc(-c4ccc(C)cc4)cc4c5ccc6c(cc7c8ccc(-c9ccc(C)cc9)cc8c8cc(-c9ccc(C)cc9)cc6c87)c5cc3c42)cc1. The van der Waals surface area contributed by atoms with E-state index in [0.29, 0.717) is 0 Å². The molecular formula is C62H42. The first-order chi connectivity index (χ1) is 30.3. The van der Waals surface area contributed by atoms with Gasteiger partial charge < -0.3 is 0 Å². The van der Waals surface area contributed by atoms with Crippen molar-refractivity contribution in [1.82, 2.24) is 0 Å². The van der Waals surface area contributed by atoms with Gasteiger partial charge >= 0.3 is 0 Å². The molecule has 0 atom stereocenters. The zero-order valence-corrected chi connectivity index (χ0v) is 35.3. The van der Waals surface area contributed by atoms with Gasteiger partial charge in [-0.15, -0.1) is 0 Å². The average molecular weight is 787 g/mol. The fourth-order valence-corrected chi connectivity index (χ4v) is 10.7. The summed E-state index contributed by atoms with van der Waals surface area (Å²) in [5.74, 6) is 0. The van der Waals surface area contributed by atoms with Crippen molar-refractivity contribution in [3.63, 3.8) is 0 Å². The third-order valence-corrected chi connectivity index (χ3v) is 14.0. The Kier molecular flexibility index (Phi) is 7.38. The number of rotatable bonds is 4. The summed E-state index contributed by atoms with van der Waals surface area (Å²) >= 11 is 0. The van der Waals surface area contributed by atoms with E-state index in [1.807, 2.05) is 0 Å². The highest BCUT2D eigenvalue weighted by Gasteiger charge is 2.22. The zero-order chi connectivity index (χ0) is 41.4. The molecule has 13 aromatic carbocycles. The van der Waals surface area contributed by atoms with Crippen molar-refractivity contribution in [3.05, 3.63) is 204 Å². The lowest BCUT2D eigenvalue weighted by atomic mass is 9.89. The smallest absolute Gasteiger partial charge is 0.00195 e. The van der Waals surface area contributed by atoms with E-state index >= 15 is 0 Å². The van der Waals surface area contributed by atoms with Crippen molar-refractivity contribution in [2.45, 2.75) is 27.7 Å². The van der Waals surface area contributed by atoms with Gasteiger partial charge in [0.15, 0.2) is 0 Å². The normalized spacial score (nSPS) is 12.2. The molecule has 0 aliphatic rings. The minimum Gasteiger partial charge on any atom is -0.0587 e. The van der Waals surface area contributed by atoms with Crippen LogP contribution in [0.5, 0.6) is 0 Å². The van der Waals surface area contributed by atoms with Gasteiger partial charge in [0, 0.05) is 0 Å².